The highest BCUT2D eigenvalue weighted by atomic mass is 35.5. The number of halogens is 1. The Kier molecular flexibility index (Phi) is 3.83. The van der Waals surface area contributed by atoms with Crippen LogP contribution in [-0.4, -0.2) is 22.5 Å². The number of hydrogen-bond donors (Lipinski definition) is 0. The molecule has 4 nitrogen and oxygen atoms in total. The Morgan fingerprint density at radius 1 is 1.50 bits per heavy atom. The fourth-order valence-electron chi connectivity index (χ4n) is 0.734. The maximum absolute atomic E-state index is 11.3. The lowest BCUT2D eigenvalue weighted by molar-refractivity contribution is 0.0451. The summed E-state index contributed by atoms with van der Waals surface area (Å²) < 4.78 is 4.94. The van der Waals surface area contributed by atoms with Crippen LogP contribution >= 0.6 is 11.6 Å². The quantitative estimate of drug-likeness (QED) is 0.722. The average molecular weight is 215 g/mol. The van der Waals surface area contributed by atoms with Gasteiger partial charge in [-0.05, 0) is 5.92 Å². The van der Waals surface area contributed by atoms with Gasteiger partial charge in [-0.15, -0.1) is 0 Å². The van der Waals surface area contributed by atoms with E-state index < -0.39 is 5.97 Å². The molecule has 0 saturated heterocycles. The predicted molar refractivity (Wildman–Crippen MR) is 52.2 cm³/mol. The summed E-state index contributed by atoms with van der Waals surface area (Å²) in [5.41, 5.74) is 0.176. The minimum Gasteiger partial charge on any atom is -0.461 e. The van der Waals surface area contributed by atoms with E-state index in [1.807, 2.05) is 13.8 Å². The lowest BCUT2D eigenvalue weighted by Crippen LogP contribution is -2.11. The van der Waals surface area contributed by atoms with Crippen LogP contribution in [-0.2, 0) is 4.74 Å². The minimum absolute atomic E-state index is 0.176. The lowest BCUT2D eigenvalue weighted by Gasteiger charge is -2.05. The van der Waals surface area contributed by atoms with E-state index in [1.165, 1.54) is 12.4 Å². The molecule has 0 fully saturated rings. The van der Waals surface area contributed by atoms with Crippen molar-refractivity contribution in [1.82, 2.24) is 9.97 Å². The van der Waals surface area contributed by atoms with Crippen molar-refractivity contribution < 1.29 is 9.53 Å². The molecule has 14 heavy (non-hydrogen) atoms. The first-order valence-corrected chi connectivity index (χ1v) is 4.62. The molecule has 0 spiro atoms. The summed E-state index contributed by atoms with van der Waals surface area (Å²) in [5.74, 6) is -0.165. The van der Waals surface area contributed by atoms with Gasteiger partial charge in [0.2, 0.25) is 0 Å². The molecule has 0 aliphatic carbocycles. The predicted octanol–water partition coefficient (Wildman–Crippen LogP) is 1.94. The highest BCUT2D eigenvalue weighted by Gasteiger charge is 2.09. The van der Waals surface area contributed by atoms with E-state index in [0.717, 1.165) is 0 Å². The summed E-state index contributed by atoms with van der Waals surface area (Å²) in [6.45, 7) is 4.30. The molecule has 0 N–H and O–H groups in total. The summed E-state index contributed by atoms with van der Waals surface area (Å²) in [6.07, 6.45) is 2.61. The molecular formula is C9H11ClN2O2. The van der Waals surface area contributed by atoms with Crippen molar-refractivity contribution in [2.45, 2.75) is 13.8 Å². The molecule has 0 unspecified atom stereocenters. The zero-order chi connectivity index (χ0) is 10.6. The summed E-state index contributed by atoms with van der Waals surface area (Å²) in [6, 6.07) is 0. The van der Waals surface area contributed by atoms with Gasteiger partial charge in [-0.2, -0.15) is 0 Å². The zero-order valence-corrected chi connectivity index (χ0v) is 8.78. The number of esters is 1. The third kappa shape index (κ3) is 3.30. The standard InChI is InChI=1S/C9H11ClN2O2/c1-6(2)5-14-9(13)7-3-12-8(10)4-11-7/h3-4,6H,5H2,1-2H3. The van der Waals surface area contributed by atoms with Crippen LogP contribution in [0, 0.1) is 5.92 Å². The largest absolute Gasteiger partial charge is 0.461 e. The molecule has 0 atom stereocenters. The Bertz CT molecular complexity index is 311. The van der Waals surface area contributed by atoms with E-state index in [2.05, 4.69) is 9.97 Å². The Balaban J connectivity index is 2.57. The van der Waals surface area contributed by atoms with E-state index in [9.17, 15) is 4.79 Å². The van der Waals surface area contributed by atoms with Crippen LogP contribution in [0.1, 0.15) is 24.3 Å². The second kappa shape index (κ2) is 4.91. The molecule has 5 heteroatoms. The summed E-state index contributed by atoms with van der Waals surface area (Å²) in [5, 5.41) is 0.255. The highest BCUT2D eigenvalue weighted by molar-refractivity contribution is 6.29. The van der Waals surface area contributed by atoms with Crippen LogP contribution in [0.2, 0.25) is 5.15 Å². The van der Waals surface area contributed by atoms with E-state index in [0.29, 0.717) is 12.5 Å². The van der Waals surface area contributed by atoms with Crippen LogP contribution in [0.25, 0.3) is 0 Å². The lowest BCUT2D eigenvalue weighted by atomic mass is 10.2. The topological polar surface area (TPSA) is 52.1 Å². The molecule has 0 aliphatic heterocycles. The Morgan fingerprint density at radius 3 is 2.71 bits per heavy atom. The van der Waals surface area contributed by atoms with Crippen molar-refractivity contribution in [2.75, 3.05) is 6.61 Å². The molecule has 76 valence electrons. The SMILES string of the molecule is CC(C)COC(=O)c1cnc(Cl)cn1. The summed E-state index contributed by atoms with van der Waals surface area (Å²) in [4.78, 5) is 18.8. The van der Waals surface area contributed by atoms with Crippen molar-refractivity contribution in [1.29, 1.82) is 0 Å². The first-order chi connectivity index (χ1) is 6.59. The maximum atomic E-state index is 11.3. The number of aromatic nitrogens is 2. The Labute approximate surface area is 87.3 Å². The van der Waals surface area contributed by atoms with Gasteiger partial charge < -0.3 is 4.74 Å². The smallest absolute Gasteiger partial charge is 0.358 e. The van der Waals surface area contributed by atoms with Crippen molar-refractivity contribution in [3.8, 4) is 0 Å². The number of nitrogens with zero attached hydrogens (tertiary/aromatic N) is 2. The number of rotatable bonds is 3. The Morgan fingerprint density at radius 2 is 2.21 bits per heavy atom. The second-order valence-electron chi connectivity index (χ2n) is 3.22. The van der Waals surface area contributed by atoms with Crippen LogP contribution in [0.5, 0.6) is 0 Å². The minimum atomic E-state index is -0.470. The first kappa shape index (κ1) is 10.9. The number of hydrogen-bond acceptors (Lipinski definition) is 4. The van der Waals surface area contributed by atoms with Gasteiger partial charge in [-0.3, -0.25) is 0 Å². The van der Waals surface area contributed by atoms with E-state index in [4.69, 9.17) is 16.3 Å². The van der Waals surface area contributed by atoms with Crippen molar-refractivity contribution in [2.24, 2.45) is 5.92 Å². The van der Waals surface area contributed by atoms with Gasteiger partial charge in [-0.25, -0.2) is 14.8 Å². The highest BCUT2D eigenvalue weighted by Crippen LogP contribution is 2.03. The van der Waals surface area contributed by atoms with Crippen molar-refractivity contribution in [3.63, 3.8) is 0 Å². The molecular weight excluding hydrogens is 204 g/mol. The third-order valence-corrected chi connectivity index (χ3v) is 1.57. The van der Waals surface area contributed by atoms with Crippen LogP contribution in [0.3, 0.4) is 0 Å². The fourth-order valence-corrected chi connectivity index (χ4v) is 0.832. The van der Waals surface area contributed by atoms with Gasteiger partial charge >= 0.3 is 5.97 Å². The molecule has 0 aromatic carbocycles. The van der Waals surface area contributed by atoms with E-state index >= 15 is 0 Å². The summed E-state index contributed by atoms with van der Waals surface area (Å²) in [7, 11) is 0. The molecule has 0 amide bonds. The monoisotopic (exact) mass is 214 g/mol. The molecule has 1 heterocycles. The molecule has 1 aromatic heterocycles. The molecule has 0 bridgehead atoms. The third-order valence-electron chi connectivity index (χ3n) is 1.38. The van der Waals surface area contributed by atoms with Gasteiger partial charge in [-0.1, -0.05) is 25.4 Å². The van der Waals surface area contributed by atoms with Crippen molar-refractivity contribution in [3.05, 3.63) is 23.2 Å². The van der Waals surface area contributed by atoms with E-state index in [1.54, 1.807) is 0 Å². The second-order valence-corrected chi connectivity index (χ2v) is 3.60. The van der Waals surface area contributed by atoms with E-state index in [-0.39, 0.29) is 10.8 Å². The summed E-state index contributed by atoms with van der Waals surface area (Å²) >= 11 is 5.52. The van der Waals surface area contributed by atoms with Gasteiger partial charge in [0.05, 0.1) is 19.0 Å². The molecule has 0 saturated carbocycles. The average Bonchev–Trinajstić information content (AvgIpc) is 2.15. The first-order valence-electron chi connectivity index (χ1n) is 4.24. The van der Waals surface area contributed by atoms with Gasteiger partial charge in [0.1, 0.15) is 5.15 Å². The fraction of sp³-hybridized carbons (Fsp3) is 0.444. The number of carbonyl (C=O) groups is 1. The Hall–Kier alpha value is -1.16. The molecule has 1 rings (SSSR count). The normalized spacial score (nSPS) is 10.3. The van der Waals surface area contributed by atoms with Gasteiger partial charge in [0.15, 0.2) is 5.69 Å². The molecule has 1 aromatic rings. The number of ether oxygens (including phenoxy) is 1. The zero-order valence-electron chi connectivity index (χ0n) is 8.03. The van der Waals surface area contributed by atoms with Crippen LogP contribution in [0.15, 0.2) is 12.4 Å². The number of carbonyl (C=O) groups excluding carboxylic acids is 1. The van der Waals surface area contributed by atoms with Gasteiger partial charge in [0.25, 0.3) is 0 Å². The maximum Gasteiger partial charge on any atom is 0.358 e. The van der Waals surface area contributed by atoms with Crippen molar-refractivity contribution >= 4 is 17.6 Å². The molecule has 0 radical (unpaired) electrons. The molecule has 0 aliphatic rings. The van der Waals surface area contributed by atoms with Crippen LogP contribution in [0.4, 0.5) is 0 Å². The van der Waals surface area contributed by atoms with Gasteiger partial charge in [0, 0.05) is 0 Å². The van der Waals surface area contributed by atoms with Crippen LogP contribution < -0.4 is 0 Å².